The van der Waals surface area contributed by atoms with Crippen LogP contribution in [0.1, 0.15) is 44.0 Å². The minimum atomic E-state index is -3.71. The molecule has 1 aromatic heterocycles. The molecule has 7 heteroatoms. The summed E-state index contributed by atoms with van der Waals surface area (Å²) in [6, 6.07) is 2.21. The predicted molar refractivity (Wildman–Crippen MR) is 66.5 cm³/mol. The lowest BCUT2D eigenvalue weighted by Crippen LogP contribution is -2.39. The molecule has 2 fully saturated rings. The van der Waals surface area contributed by atoms with Gasteiger partial charge in [0, 0.05) is 25.2 Å². The smallest absolute Gasteiger partial charge is 0.257 e. The van der Waals surface area contributed by atoms with Crippen LogP contribution in [0.15, 0.2) is 11.1 Å². The van der Waals surface area contributed by atoms with E-state index >= 15 is 0 Å². The molecule has 0 spiro atoms. The van der Waals surface area contributed by atoms with E-state index in [0.717, 1.165) is 31.6 Å². The van der Waals surface area contributed by atoms with Gasteiger partial charge >= 0.3 is 0 Å². The number of rotatable bonds is 4. The van der Waals surface area contributed by atoms with Crippen molar-refractivity contribution in [1.29, 1.82) is 0 Å². The van der Waals surface area contributed by atoms with Crippen molar-refractivity contribution in [2.24, 2.45) is 5.14 Å². The van der Waals surface area contributed by atoms with Gasteiger partial charge in [0.05, 0.1) is 11.7 Å². The number of nitrogens with two attached hydrogens (primary N) is 1. The molecule has 6 nitrogen and oxygen atoms in total. The molecule has 2 aliphatic rings. The molecule has 1 aromatic rings. The molecule has 0 aromatic carbocycles. The van der Waals surface area contributed by atoms with E-state index in [1.807, 2.05) is 4.68 Å². The Morgan fingerprint density at radius 2 is 2.11 bits per heavy atom. The summed E-state index contributed by atoms with van der Waals surface area (Å²) in [5.41, 5.74) is 0.973. The van der Waals surface area contributed by atoms with Crippen molar-refractivity contribution < 1.29 is 8.42 Å². The van der Waals surface area contributed by atoms with Crippen LogP contribution in [0, 0.1) is 0 Å². The van der Waals surface area contributed by atoms with Crippen molar-refractivity contribution in [3.8, 4) is 0 Å². The van der Waals surface area contributed by atoms with Crippen molar-refractivity contribution in [2.45, 2.75) is 43.3 Å². The quantitative estimate of drug-likeness (QED) is 0.870. The largest absolute Gasteiger partial charge is 0.295 e. The minimum absolute atomic E-state index is 0.00299. The van der Waals surface area contributed by atoms with Gasteiger partial charge in [0.1, 0.15) is 0 Å². The van der Waals surface area contributed by atoms with Gasteiger partial charge in [-0.25, -0.2) is 13.6 Å². The molecule has 0 radical (unpaired) electrons. The van der Waals surface area contributed by atoms with Crippen molar-refractivity contribution >= 4 is 10.0 Å². The van der Waals surface area contributed by atoms with Crippen LogP contribution in [-0.2, 0) is 10.0 Å². The fourth-order valence-corrected chi connectivity index (χ4v) is 2.85. The molecule has 100 valence electrons. The lowest BCUT2D eigenvalue weighted by atomic mass is 10.1. The van der Waals surface area contributed by atoms with E-state index < -0.39 is 10.0 Å². The number of hydrogen-bond donors (Lipinski definition) is 1. The second-order valence-corrected chi connectivity index (χ2v) is 6.70. The van der Waals surface area contributed by atoms with Crippen LogP contribution in [0.3, 0.4) is 0 Å². The standard InChI is InChI=1S/C11H18N4O2S/c1-8(14-5-2-6-14)10-7-11(18(12,16)17)13-15(10)9-3-4-9/h7-9H,2-6H2,1H3,(H2,12,16,17). The Bertz CT molecular complexity index is 558. The summed E-state index contributed by atoms with van der Waals surface area (Å²) in [5.74, 6) is 0. The summed E-state index contributed by atoms with van der Waals surface area (Å²) in [6.07, 6.45) is 3.36. The number of sulfonamides is 1. The minimum Gasteiger partial charge on any atom is -0.295 e. The Hall–Kier alpha value is -0.920. The highest BCUT2D eigenvalue weighted by atomic mass is 32.2. The first-order valence-corrected chi connectivity index (χ1v) is 7.88. The third-order valence-corrected chi connectivity index (χ3v) is 4.58. The van der Waals surface area contributed by atoms with Gasteiger partial charge < -0.3 is 0 Å². The zero-order valence-corrected chi connectivity index (χ0v) is 11.2. The van der Waals surface area contributed by atoms with Gasteiger partial charge in [-0.3, -0.25) is 9.58 Å². The molecule has 3 rings (SSSR count). The summed E-state index contributed by atoms with van der Waals surface area (Å²) in [4.78, 5) is 2.32. The van der Waals surface area contributed by atoms with Gasteiger partial charge in [0.15, 0.2) is 5.03 Å². The third-order valence-electron chi connectivity index (χ3n) is 3.79. The van der Waals surface area contributed by atoms with Crippen LogP contribution >= 0.6 is 0 Å². The van der Waals surface area contributed by atoms with Crippen molar-refractivity contribution in [1.82, 2.24) is 14.7 Å². The third kappa shape index (κ3) is 2.06. The maximum absolute atomic E-state index is 11.4. The molecule has 1 aliphatic heterocycles. The van der Waals surface area contributed by atoms with Crippen LogP contribution in [0.2, 0.25) is 0 Å². The van der Waals surface area contributed by atoms with E-state index in [1.165, 1.54) is 6.42 Å². The zero-order chi connectivity index (χ0) is 12.9. The predicted octanol–water partition coefficient (Wildman–Crippen LogP) is 0.632. The van der Waals surface area contributed by atoms with E-state index in [2.05, 4.69) is 16.9 Å². The number of primary sulfonamides is 1. The lowest BCUT2D eigenvalue weighted by molar-refractivity contribution is 0.122. The first-order chi connectivity index (χ1) is 8.47. The Labute approximate surface area is 107 Å². The molecule has 1 saturated heterocycles. The normalized spacial score (nSPS) is 22.8. The van der Waals surface area contributed by atoms with Crippen LogP contribution in [0.4, 0.5) is 0 Å². The van der Waals surface area contributed by atoms with Crippen LogP contribution in [0.25, 0.3) is 0 Å². The number of hydrogen-bond acceptors (Lipinski definition) is 4. The Kier molecular flexibility index (Phi) is 2.72. The summed E-state index contributed by atoms with van der Waals surface area (Å²) < 4.78 is 24.7. The summed E-state index contributed by atoms with van der Waals surface area (Å²) in [7, 11) is -3.71. The van der Waals surface area contributed by atoms with Crippen LogP contribution in [0.5, 0.6) is 0 Å². The van der Waals surface area contributed by atoms with Gasteiger partial charge in [0.25, 0.3) is 10.0 Å². The zero-order valence-electron chi connectivity index (χ0n) is 10.4. The average molecular weight is 270 g/mol. The van der Waals surface area contributed by atoms with E-state index in [0.29, 0.717) is 6.04 Å². The maximum Gasteiger partial charge on any atom is 0.257 e. The Balaban J connectivity index is 1.98. The number of likely N-dealkylation sites (tertiary alicyclic amines) is 1. The highest BCUT2D eigenvalue weighted by molar-refractivity contribution is 7.89. The Morgan fingerprint density at radius 1 is 1.44 bits per heavy atom. The topological polar surface area (TPSA) is 81.2 Å². The highest BCUT2D eigenvalue weighted by Gasteiger charge is 2.33. The van der Waals surface area contributed by atoms with Gasteiger partial charge in [-0.15, -0.1) is 0 Å². The fraction of sp³-hybridized carbons (Fsp3) is 0.727. The molecule has 1 atom stereocenters. The molecule has 0 amide bonds. The number of nitrogens with zero attached hydrogens (tertiary/aromatic N) is 3. The molecule has 1 saturated carbocycles. The maximum atomic E-state index is 11.4. The van der Waals surface area contributed by atoms with E-state index in [9.17, 15) is 8.42 Å². The molecule has 2 heterocycles. The van der Waals surface area contributed by atoms with Gasteiger partial charge in [-0.2, -0.15) is 5.10 Å². The van der Waals surface area contributed by atoms with Gasteiger partial charge in [-0.05, 0) is 26.2 Å². The highest BCUT2D eigenvalue weighted by Crippen LogP contribution is 2.38. The summed E-state index contributed by atoms with van der Waals surface area (Å²) >= 11 is 0. The summed E-state index contributed by atoms with van der Waals surface area (Å²) in [6.45, 7) is 4.24. The van der Waals surface area contributed by atoms with Gasteiger partial charge in [-0.1, -0.05) is 0 Å². The molecular weight excluding hydrogens is 252 g/mol. The number of aromatic nitrogens is 2. The van der Waals surface area contributed by atoms with Crippen LogP contribution < -0.4 is 5.14 Å². The molecule has 1 unspecified atom stereocenters. The first kappa shape index (κ1) is 12.1. The monoisotopic (exact) mass is 270 g/mol. The second-order valence-electron chi connectivity index (χ2n) is 5.19. The Morgan fingerprint density at radius 3 is 2.56 bits per heavy atom. The molecule has 1 aliphatic carbocycles. The average Bonchev–Trinajstić information content (AvgIpc) is 2.92. The molecular formula is C11H18N4O2S. The van der Waals surface area contributed by atoms with Crippen molar-refractivity contribution in [2.75, 3.05) is 13.1 Å². The SMILES string of the molecule is CC(c1cc(S(N)(=O)=O)nn1C1CC1)N1CCC1. The molecule has 18 heavy (non-hydrogen) atoms. The lowest BCUT2D eigenvalue weighted by Gasteiger charge is -2.36. The fourth-order valence-electron chi connectivity index (χ4n) is 2.36. The molecule has 2 N–H and O–H groups in total. The molecule has 0 bridgehead atoms. The van der Waals surface area contributed by atoms with E-state index in [-0.39, 0.29) is 11.1 Å². The van der Waals surface area contributed by atoms with Gasteiger partial charge in [0.2, 0.25) is 0 Å². The van der Waals surface area contributed by atoms with Crippen molar-refractivity contribution in [3.63, 3.8) is 0 Å². The summed E-state index contributed by atoms with van der Waals surface area (Å²) in [5, 5.41) is 9.34. The van der Waals surface area contributed by atoms with E-state index in [4.69, 9.17) is 5.14 Å². The first-order valence-electron chi connectivity index (χ1n) is 6.33. The van der Waals surface area contributed by atoms with E-state index in [1.54, 1.807) is 6.07 Å². The van der Waals surface area contributed by atoms with Crippen LogP contribution in [-0.4, -0.2) is 36.2 Å². The van der Waals surface area contributed by atoms with Crippen molar-refractivity contribution in [3.05, 3.63) is 11.8 Å². The second kappa shape index (κ2) is 4.04.